The summed E-state index contributed by atoms with van der Waals surface area (Å²) in [5.41, 5.74) is 0.761. The maximum atomic E-state index is 9.12. The Balaban J connectivity index is 2.70. The fraction of sp³-hybridized carbons (Fsp3) is 0.417. The zero-order valence-corrected chi connectivity index (χ0v) is 11.4. The van der Waals surface area contributed by atoms with E-state index >= 15 is 0 Å². The monoisotopic (exact) mass is 271 g/mol. The van der Waals surface area contributed by atoms with Crippen LogP contribution in [-0.2, 0) is 0 Å². The smallest absolute Gasteiger partial charge is 0.122 e. The van der Waals surface area contributed by atoms with Crippen LogP contribution >= 0.6 is 23.2 Å². The molecule has 17 heavy (non-hydrogen) atoms. The van der Waals surface area contributed by atoms with Gasteiger partial charge in [0.15, 0.2) is 0 Å². The zero-order valence-electron chi connectivity index (χ0n) is 9.87. The lowest BCUT2D eigenvalue weighted by molar-refractivity contribution is 0.395. The van der Waals surface area contributed by atoms with Crippen LogP contribution in [0.2, 0.25) is 10.0 Å². The zero-order chi connectivity index (χ0) is 12.8. The lowest BCUT2D eigenvalue weighted by Crippen LogP contribution is -2.29. The van der Waals surface area contributed by atoms with Gasteiger partial charge in [-0.1, -0.05) is 29.3 Å². The number of rotatable bonds is 5. The summed E-state index contributed by atoms with van der Waals surface area (Å²) in [7, 11) is 3.97. The molecule has 5 heteroatoms. The second-order valence-electron chi connectivity index (χ2n) is 3.99. The Morgan fingerprint density at radius 2 is 2.12 bits per heavy atom. The molecule has 0 aliphatic heterocycles. The molecule has 1 unspecified atom stereocenters. The summed E-state index contributed by atoms with van der Waals surface area (Å²) < 4.78 is 0. The molecule has 0 radical (unpaired) electrons. The SMILES string of the molecule is CN(C)CCNC(C#N)c1ccc(Cl)cc1Cl. The first-order valence-electron chi connectivity index (χ1n) is 5.27. The molecule has 0 saturated heterocycles. The molecule has 1 aromatic carbocycles. The van der Waals surface area contributed by atoms with Gasteiger partial charge in [-0.25, -0.2) is 0 Å². The summed E-state index contributed by atoms with van der Waals surface area (Å²) >= 11 is 11.9. The van der Waals surface area contributed by atoms with Crippen LogP contribution in [0.15, 0.2) is 18.2 Å². The minimum Gasteiger partial charge on any atom is -0.308 e. The molecule has 0 aromatic heterocycles. The lowest BCUT2D eigenvalue weighted by Gasteiger charge is -2.15. The van der Waals surface area contributed by atoms with Crippen molar-refractivity contribution in [2.75, 3.05) is 27.2 Å². The van der Waals surface area contributed by atoms with Gasteiger partial charge in [-0.2, -0.15) is 5.26 Å². The van der Waals surface area contributed by atoms with Gasteiger partial charge in [0, 0.05) is 28.7 Å². The highest BCUT2D eigenvalue weighted by atomic mass is 35.5. The van der Waals surface area contributed by atoms with Gasteiger partial charge in [-0.05, 0) is 26.2 Å². The van der Waals surface area contributed by atoms with Gasteiger partial charge < -0.3 is 4.90 Å². The van der Waals surface area contributed by atoms with Gasteiger partial charge in [0.2, 0.25) is 0 Å². The van der Waals surface area contributed by atoms with Gasteiger partial charge in [0.25, 0.3) is 0 Å². The molecular weight excluding hydrogens is 257 g/mol. The lowest BCUT2D eigenvalue weighted by atomic mass is 10.1. The average Bonchev–Trinajstić information content (AvgIpc) is 2.25. The number of nitrogens with one attached hydrogen (secondary N) is 1. The maximum absolute atomic E-state index is 9.12. The summed E-state index contributed by atoms with van der Waals surface area (Å²) in [6.45, 7) is 1.59. The van der Waals surface area contributed by atoms with Crippen molar-refractivity contribution >= 4 is 23.2 Å². The Morgan fingerprint density at radius 3 is 2.65 bits per heavy atom. The Hall–Kier alpha value is -0.790. The molecule has 0 fully saturated rings. The Labute approximate surface area is 112 Å². The molecule has 92 valence electrons. The van der Waals surface area contributed by atoms with Gasteiger partial charge in [-0.3, -0.25) is 5.32 Å². The Morgan fingerprint density at radius 1 is 1.41 bits per heavy atom. The van der Waals surface area contributed by atoms with E-state index < -0.39 is 6.04 Å². The van der Waals surface area contributed by atoms with Gasteiger partial charge in [-0.15, -0.1) is 0 Å². The third-order valence-electron chi connectivity index (χ3n) is 2.31. The van der Waals surface area contributed by atoms with Crippen LogP contribution in [0.4, 0.5) is 0 Å². The van der Waals surface area contributed by atoms with E-state index in [2.05, 4.69) is 11.4 Å². The topological polar surface area (TPSA) is 39.1 Å². The van der Waals surface area contributed by atoms with Crippen LogP contribution in [0, 0.1) is 11.3 Å². The Bertz CT molecular complexity index is 413. The van der Waals surface area contributed by atoms with Crippen molar-refractivity contribution in [3.8, 4) is 6.07 Å². The first kappa shape index (κ1) is 14.3. The number of benzene rings is 1. The molecule has 0 aliphatic carbocycles. The van der Waals surface area contributed by atoms with E-state index in [1.54, 1.807) is 18.2 Å². The fourth-order valence-electron chi connectivity index (χ4n) is 1.39. The average molecular weight is 272 g/mol. The molecule has 1 aromatic rings. The van der Waals surface area contributed by atoms with Gasteiger partial charge in [0.05, 0.1) is 6.07 Å². The summed E-state index contributed by atoms with van der Waals surface area (Å²) in [5.74, 6) is 0. The van der Waals surface area contributed by atoms with Crippen LogP contribution in [0.5, 0.6) is 0 Å². The van der Waals surface area contributed by atoms with E-state index in [0.717, 1.165) is 18.7 Å². The van der Waals surface area contributed by atoms with Crippen molar-refractivity contribution in [2.24, 2.45) is 0 Å². The molecule has 1 N–H and O–H groups in total. The van der Waals surface area contributed by atoms with E-state index in [1.165, 1.54) is 0 Å². The molecule has 0 spiro atoms. The Kier molecular flexibility index (Phi) is 5.73. The number of hydrogen-bond acceptors (Lipinski definition) is 3. The number of nitriles is 1. The molecule has 0 heterocycles. The number of hydrogen-bond donors (Lipinski definition) is 1. The molecule has 0 bridgehead atoms. The van der Waals surface area contributed by atoms with Crippen molar-refractivity contribution in [1.82, 2.24) is 10.2 Å². The molecule has 0 amide bonds. The second-order valence-corrected chi connectivity index (χ2v) is 4.83. The van der Waals surface area contributed by atoms with Crippen LogP contribution in [0.1, 0.15) is 11.6 Å². The third-order valence-corrected chi connectivity index (χ3v) is 2.87. The number of nitrogens with zero attached hydrogens (tertiary/aromatic N) is 2. The van der Waals surface area contributed by atoms with E-state index in [-0.39, 0.29) is 0 Å². The normalized spacial score (nSPS) is 12.5. The summed E-state index contributed by atoms with van der Waals surface area (Å²) in [6.07, 6.45) is 0. The van der Waals surface area contributed by atoms with E-state index in [0.29, 0.717) is 10.0 Å². The standard InChI is InChI=1S/C12H15Cl2N3/c1-17(2)6-5-16-12(8-15)10-4-3-9(13)7-11(10)14/h3-4,7,12,16H,5-6H2,1-2H3. The first-order chi connectivity index (χ1) is 8.04. The summed E-state index contributed by atoms with van der Waals surface area (Å²) in [5, 5.41) is 13.4. The fourth-order valence-corrected chi connectivity index (χ4v) is 1.91. The largest absolute Gasteiger partial charge is 0.308 e. The predicted molar refractivity (Wildman–Crippen MR) is 71.4 cm³/mol. The van der Waals surface area contributed by atoms with Crippen molar-refractivity contribution < 1.29 is 0 Å². The molecule has 3 nitrogen and oxygen atoms in total. The first-order valence-corrected chi connectivity index (χ1v) is 6.03. The highest BCUT2D eigenvalue weighted by Gasteiger charge is 2.13. The van der Waals surface area contributed by atoms with Crippen LogP contribution in [-0.4, -0.2) is 32.1 Å². The van der Waals surface area contributed by atoms with E-state index in [1.807, 2.05) is 19.0 Å². The molecule has 1 atom stereocenters. The minimum atomic E-state index is -0.403. The highest BCUT2D eigenvalue weighted by Crippen LogP contribution is 2.25. The van der Waals surface area contributed by atoms with Crippen LogP contribution in [0.3, 0.4) is 0 Å². The van der Waals surface area contributed by atoms with E-state index in [9.17, 15) is 0 Å². The number of likely N-dealkylation sites (N-methyl/N-ethyl adjacent to an activating group) is 1. The van der Waals surface area contributed by atoms with Crippen molar-refractivity contribution in [3.63, 3.8) is 0 Å². The molecule has 0 aliphatic rings. The predicted octanol–water partition coefficient (Wildman–Crippen LogP) is 2.71. The summed E-state index contributed by atoms with van der Waals surface area (Å²) in [4.78, 5) is 2.05. The molecule has 0 saturated carbocycles. The van der Waals surface area contributed by atoms with Crippen LogP contribution < -0.4 is 5.32 Å². The van der Waals surface area contributed by atoms with Crippen molar-refractivity contribution in [1.29, 1.82) is 5.26 Å². The van der Waals surface area contributed by atoms with E-state index in [4.69, 9.17) is 28.5 Å². The molecule has 1 rings (SSSR count). The summed E-state index contributed by atoms with van der Waals surface area (Å²) in [6, 6.07) is 6.96. The van der Waals surface area contributed by atoms with Crippen molar-refractivity contribution in [2.45, 2.75) is 6.04 Å². The van der Waals surface area contributed by atoms with Gasteiger partial charge in [0.1, 0.15) is 6.04 Å². The molecular formula is C12H15Cl2N3. The van der Waals surface area contributed by atoms with Crippen molar-refractivity contribution in [3.05, 3.63) is 33.8 Å². The quantitative estimate of drug-likeness (QED) is 0.895. The number of halogens is 2. The highest BCUT2D eigenvalue weighted by molar-refractivity contribution is 6.35. The maximum Gasteiger partial charge on any atom is 0.122 e. The third kappa shape index (κ3) is 4.53. The second kappa shape index (κ2) is 6.83. The minimum absolute atomic E-state index is 0.403. The van der Waals surface area contributed by atoms with Gasteiger partial charge >= 0.3 is 0 Å². The van der Waals surface area contributed by atoms with Crippen LogP contribution in [0.25, 0.3) is 0 Å².